The van der Waals surface area contributed by atoms with Crippen LogP contribution in [0.1, 0.15) is 6.92 Å². The molecule has 64 valence electrons. The molecular weight excluding hydrogens is 146 g/mol. The van der Waals surface area contributed by atoms with Gasteiger partial charge in [0.1, 0.15) is 6.04 Å². The monoisotopic (exact) mass is 159 g/mol. The average Bonchev–Trinajstić information content (AvgIpc) is 1.97. The van der Waals surface area contributed by atoms with Gasteiger partial charge in [-0.1, -0.05) is 6.92 Å². The van der Waals surface area contributed by atoms with Gasteiger partial charge in [0.2, 0.25) is 0 Å². The first kappa shape index (κ1) is 8.49. The molecule has 1 saturated heterocycles. The average molecular weight is 159 g/mol. The molecule has 0 aromatic rings. The van der Waals surface area contributed by atoms with Gasteiger partial charge in [0.25, 0.3) is 0 Å². The van der Waals surface area contributed by atoms with Crippen molar-refractivity contribution >= 4 is 5.97 Å². The van der Waals surface area contributed by atoms with E-state index in [0.717, 1.165) is 0 Å². The van der Waals surface area contributed by atoms with E-state index in [-0.39, 0.29) is 11.4 Å². The summed E-state index contributed by atoms with van der Waals surface area (Å²) in [4.78, 5) is 10.9. The molecule has 1 atom stereocenters. The van der Waals surface area contributed by atoms with Gasteiger partial charge in [-0.3, -0.25) is 4.79 Å². The van der Waals surface area contributed by atoms with Crippen molar-refractivity contribution < 1.29 is 14.3 Å². The third kappa shape index (κ3) is 1.36. The zero-order chi connectivity index (χ0) is 8.48. The Morgan fingerprint density at radius 2 is 2.27 bits per heavy atom. The Morgan fingerprint density at radius 3 is 2.55 bits per heavy atom. The first-order chi connectivity index (χ1) is 5.10. The summed E-state index contributed by atoms with van der Waals surface area (Å²) < 4.78 is 9.48. The van der Waals surface area contributed by atoms with E-state index in [2.05, 4.69) is 4.74 Å². The number of ether oxygens (including phenoxy) is 2. The largest absolute Gasteiger partial charge is 0.468 e. The van der Waals surface area contributed by atoms with E-state index in [1.165, 1.54) is 7.11 Å². The van der Waals surface area contributed by atoms with Crippen LogP contribution in [0.15, 0.2) is 0 Å². The van der Waals surface area contributed by atoms with Crippen molar-refractivity contribution in [1.29, 1.82) is 0 Å². The lowest BCUT2D eigenvalue weighted by atomic mass is 9.81. The van der Waals surface area contributed by atoms with E-state index < -0.39 is 6.04 Å². The van der Waals surface area contributed by atoms with E-state index in [4.69, 9.17) is 10.5 Å². The fraction of sp³-hybridized carbons (Fsp3) is 0.857. The molecule has 1 aliphatic rings. The SMILES string of the molecule is COC(=O)[C@@H](N)C1(C)COC1. The zero-order valence-electron chi connectivity index (χ0n) is 6.79. The van der Waals surface area contributed by atoms with Crippen molar-refractivity contribution in [3.63, 3.8) is 0 Å². The molecule has 4 nitrogen and oxygen atoms in total. The first-order valence-electron chi connectivity index (χ1n) is 3.51. The number of methoxy groups -OCH3 is 1. The predicted molar refractivity (Wildman–Crippen MR) is 38.9 cm³/mol. The molecule has 0 bridgehead atoms. The van der Waals surface area contributed by atoms with Crippen LogP contribution in [-0.2, 0) is 14.3 Å². The third-order valence-corrected chi connectivity index (χ3v) is 2.07. The molecular formula is C7H13NO3. The molecule has 1 heterocycles. The molecule has 0 spiro atoms. The smallest absolute Gasteiger partial charge is 0.323 e. The van der Waals surface area contributed by atoms with Gasteiger partial charge in [0, 0.05) is 5.41 Å². The van der Waals surface area contributed by atoms with Crippen molar-refractivity contribution in [2.45, 2.75) is 13.0 Å². The molecule has 4 heteroatoms. The number of esters is 1. The highest BCUT2D eigenvalue weighted by Gasteiger charge is 2.43. The normalized spacial score (nSPS) is 23.5. The van der Waals surface area contributed by atoms with Gasteiger partial charge in [0.05, 0.1) is 20.3 Å². The molecule has 0 radical (unpaired) electrons. The fourth-order valence-electron chi connectivity index (χ4n) is 1.02. The van der Waals surface area contributed by atoms with Crippen LogP contribution >= 0.6 is 0 Å². The Labute approximate surface area is 65.7 Å². The number of carbonyl (C=O) groups excluding carboxylic acids is 1. The summed E-state index contributed by atoms with van der Waals surface area (Å²) in [6, 6.07) is -0.554. The first-order valence-corrected chi connectivity index (χ1v) is 3.51. The van der Waals surface area contributed by atoms with Crippen LogP contribution in [0.5, 0.6) is 0 Å². The number of rotatable bonds is 2. The van der Waals surface area contributed by atoms with Crippen LogP contribution in [0.2, 0.25) is 0 Å². The van der Waals surface area contributed by atoms with Crippen LogP contribution in [0.25, 0.3) is 0 Å². The van der Waals surface area contributed by atoms with E-state index in [9.17, 15) is 4.79 Å². The van der Waals surface area contributed by atoms with E-state index in [0.29, 0.717) is 13.2 Å². The Bertz CT molecular complexity index is 165. The number of hydrogen-bond acceptors (Lipinski definition) is 4. The van der Waals surface area contributed by atoms with Crippen LogP contribution < -0.4 is 5.73 Å². The molecule has 0 amide bonds. The second-order valence-electron chi connectivity index (χ2n) is 3.15. The molecule has 2 N–H and O–H groups in total. The maximum atomic E-state index is 10.9. The standard InChI is InChI=1S/C7H13NO3/c1-7(3-11-4-7)5(8)6(9)10-2/h5H,3-4,8H2,1-2H3/t5-/m1/s1. The van der Waals surface area contributed by atoms with Crippen LogP contribution in [0, 0.1) is 5.41 Å². The highest BCUT2D eigenvalue weighted by Crippen LogP contribution is 2.29. The molecule has 11 heavy (non-hydrogen) atoms. The van der Waals surface area contributed by atoms with Crippen LogP contribution in [0.4, 0.5) is 0 Å². The minimum absolute atomic E-state index is 0.215. The van der Waals surface area contributed by atoms with E-state index in [1.807, 2.05) is 6.92 Å². The van der Waals surface area contributed by atoms with Gasteiger partial charge >= 0.3 is 5.97 Å². The summed E-state index contributed by atoms with van der Waals surface area (Å²) in [5.74, 6) is -0.365. The van der Waals surface area contributed by atoms with E-state index >= 15 is 0 Å². The van der Waals surface area contributed by atoms with Crippen molar-refractivity contribution in [2.24, 2.45) is 11.1 Å². The van der Waals surface area contributed by atoms with Gasteiger partial charge in [-0.25, -0.2) is 0 Å². The summed E-state index contributed by atoms with van der Waals surface area (Å²) in [5.41, 5.74) is 5.40. The minimum Gasteiger partial charge on any atom is -0.468 e. The molecule has 0 aliphatic carbocycles. The molecule has 0 aromatic heterocycles. The lowest BCUT2D eigenvalue weighted by Crippen LogP contribution is -2.57. The Balaban J connectivity index is 2.52. The topological polar surface area (TPSA) is 61.5 Å². The molecule has 0 saturated carbocycles. The van der Waals surface area contributed by atoms with Crippen molar-refractivity contribution in [2.75, 3.05) is 20.3 Å². The fourth-order valence-corrected chi connectivity index (χ4v) is 1.02. The maximum Gasteiger partial charge on any atom is 0.323 e. The van der Waals surface area contributed by atoms with Gasteiger partial charge in [-0.2, -0.15) is 0 Å². The number of carbonyl (C=O) groups is 1. The quantitative estimate of drug-likeness (QED) is 0.553. The number of hydrogen-bond donors (Lipinski definition) is 1. The van der Waals surface area contributed by atoms with Crippen LogP contribution in [0.3, 0.4) is 0 Å². The maximum absolute atomic E-state index is 10.9. The Morgan fingerprint density at radius 1 is 1.73 bits per heavy atom. The van der Waals surface area contributed by atoms with Crippen LogP contribution in [-0.4, -0.2) is 32.3 Å². The summed E-state index contributed by atoms with van der Waals surface area (Å²) in [6.45, 7) is 3.00. The lowest BCUT2D eigenvalue weighted by molar-refractivity contribution is -0.161. The lowest BCUT2D eigenvalue weighted by Gasteiger charge is -2.41. The molecule has 1 aliphatic heterocycles. The highest BCUT2D eigenvalue weighted by molar-refractivity contribution is 5.76. The predicted octanol–water partition coefficient (Wildman–Crippen LogP) is -0.477. The summed E-state index contributed by atoms with van der Waals surface area (Å²) in [6.07, 6.45) is 0. The Kier molecular flexibility index (Phi) is 2.15. The molecule has 1 fully saturated rings. The van der Waals surface area contributed by atoms with Gasteiger partial charge in [-0.05, 0) is 0 Å². The minimum atomic E-state index is -0.554. The molecule has 0 unspecified atom stereocenters. The summed E-state index contributed by atoms with van der Waals surface area (Å²) >= 11 is 0. The van der Waals surface area contributed by atoms with Gasteiger partial charge in [-0.15, -0.1) is 0 Å². The molecule has 1 rings (SSSR count). The molecule has 0 aromatic carbocycles. The van der Waals surface area contributed by atoms with Gasteiger partial charge < -0.3 is 15.2 Å². The summed E-state index contributed by atoms with van der Waals surface area (Å²) in [5, 5.41) is 0. The second kappa shape index (κ2) is 2.79. The third-order valence-electron chi connectivity index (χ3n) is 2.07. The van der Waals surface area contributed by atoms with Crippen molar-refractivity contribution in [3.05, 3.63) is 0 Å². The second-order valence-corrected chi connectivity index (χ2v) is 3.15. The summed E-state index contributed by atoms with van der Waals surface area (Å²) in [7, 11) is 1.34. The van der Waals surface area contributed by atoms with Crippen molar-refractivity contribution in [1.82, 2.24) is 0 Å². The Hall–Kier alpha value is -0.610. The van der Waals surface area contributed by atoms with Crippen molar-refractivity contribution in [3.8, 4) is 0 Å². The zero-order valence-corrected chi connectivity index (χ0v) is 6.79. The highest BCUT2D eigenvalue weighted by atomic mass is 16.5. The van der Waals surface area contributed by atoms with Gasteiger partial charge in [0.15, 0.2) is 0 Å². The number of nitrogens with two attached hydrogens (primary N) is 1. The van der Waals surface area contributed by atoms with E-state index in [1.54, 1.807) is 0 Å².